The quantitative estimate of drug-likeness (QED) is 0.821. The second-order valence-corrected chi connectivity index (χ2v) is 6.04. The number of halogens is 1. The standard InChI is InChI=1S/C13H17BrN4O3/c1-7(2)18-13(21)11(14)9(6-15-18)16-8-4-5-10(19)17(3)12(8)20/h6-8,16H,4-5H2,1-3H3. The van der Waals surface area contributed by atoms with Gasteiger partial charge in [0.2, 0.25) is 5.91 Å². The Balaban J connectivity index is 2.25. The van der Waals surface area contributed by atoms with Gasteiger partial charge in [0.25, 0.3) is 11.5 Å². The maximum Gasteiger partial charge on any atom is 0.283 e. The van der Waals surface area contributed by atoms with E-state index in [0.29, 0.717) is 23.0 Å². The molecule has 1 aliphatic rings. The summed E-state index contributed by atoms with van der Waals surface area (Å²) in [5.74, 6) is -0.489. The van der Waals surface area contributed by atoms with Gasteiger partial charge >= 0.3 is 0 Å². The third kappa shape index (κ3) is 2.99. The molecule has 1 unspecified atom stereocenters. The second kappa shape index (κ2) is 5.97. The molecule has 21 heavy (non-hydrogen) atoms. The number of likely N-dealkylation sites (tertiary alicyclic amines) is 1. The number of imide groups is 1. The van der Waals surface area contributed by atoms with Crippen molar-refractivity contribution in [3.63, 3.8) is 0 Å². The predicted molar refractivity (Wildman–Crippen MR) is 81.0 cm³/mol. The fraction of sp³-hybridized carbons (Fsp3) is 0.538. The molecule has 0 radical (unpaired) electrons. The van der Waals surface area contributed by atoms with Crippen molar-refractivity contribution in [2.24, 2.45) is 0 Å². The van der Waals surface area contributed by atoms with Crippen molar-refractivity contribution in [2.75, 3.05) is 12.4 Å². The van der Waals surface area contributed by atoms with Gasteiger partial charge in [-0.05, 0) is 36.2 Å². The minimum absolute atomic E-state index is 0.0529. The summed E-state index contributed by atoms with van der Waals surface area (Å²) >= 11 is 3.25. The van der Waals surface area contributed by atoms with E-state index in [9.17, 15) is 14.4 Å². The number of carbonyl (C=O) groups excluding carboxylic acids is 2. The number of nitrogens with zero attached hydrogens (tertiary/aromatic N) is 3. The average molecular weight is 357 g/mol. The molecule has 0 aromatic carbocycles. The van der Waals surface area contributed by atoms with Crippen LogP contribution in [0.2, 0.25) is 0 Å². The molecule has 1 N–H and O–H groups in total. The molecule has 2 amide bonds. The Morgan fingerprint density at radius 1 is 1.38 bits per heavy atom. The normalized spacial score (nSPS) is 19.3. The molecule has 0 aliphatic carbocycles. The van der Waals surface area contributed by atoms with Crippen LogP contribution in [0.1, 0.15) is 32.7 Å². The molecule has 114 valence electrons. The van der Waals surface area contributed by atoms with Gasteiger partial charge in [0, 0.05) is 13.5 Å². The molecule has 2 rings (SSSR count). The Morgan fingerprint density at radius 2 is 2.05 bits per heavy atom. The molecule has 7 nitrogen and oxygen atoms in total. The van der Waals surface area contributed by atoms with Crippen LogP contribution in [0.5, 0.6) is 0 Å². The Morgan fingerprint density at radius 3 is 2.67 bits per heavy atom. The second-order valence-electron chi connectivity index (χ2n) is 5.24. The van der Waals surface area contributed by atoms with Crippen LogP contribution in [-0.2, 0) is 9.59 Å². The zero-order valence-electron chi connectivity index (χ0n) is 12.1. The van der Waals surface area contributed by atoms with Crippen molar-refractivity contribution in [1.82, 2.24) is 14.7 Å². The van der Waals surface area contributed by atoms with Crippen LogP contribution in [0.4, 0.5) is 5.69 Å². The van der Waals surface area contributed by atoms with E-state index >= 15 is 0 Å². The summed E-state index contributed by atoms with van der Waals surface area (Å²) in [6, 6.07) is -0.581. The molecule has 1 fully saturated rings. The van der Waals surface area contributed by atoms with Gasteiger partial charge in [0.15, 0.2) is 0 Å². The van der Waals surface area contributed by atoms with E-state index in [0.717, 1.165) is 4.90 Å². The zero-order valence-corrected chi connectivity index (χ0v) is 13.7. The molecule has 2 heterocycles. The van der Waals surface area contributed by atoms with Gasteiger partial charge < -0.3 is 5.32 Å². The average Bonchev–Trinajstić information content (AvgIpc) is 2.44. The van der Waals surface area contributed by atoms with E-state index in [1.165, 1.54) is 17.9 Å². The van der Waals surface area contributed by atoms with Crippen LogP contribution in [0.15, 0.2) is 15.5 Å². The van der Waals surface area contributed by atoms with Gasteiger partial charge in [0.05, 0.1) is 17.9 Å². The summed E-state index contributed by atoms with van der Waals surface area (Å²) in [5.41, 5.74) is 0.195. The molecular formula is C13H17BrN4O3. The predicted octanol–water partition coefficient (Wildman–Crippen LogP) is 1.15. The number of hydrogen-bond acceptors (Lipinski definition) is 5. The first kappa shape index (κ1) is 15.7. The van der Waals surface area contributed by atoms with Crippen LogP contribution in [-0.4, -0.2) is 39.6 Å². The molecule has 1 aliphatic heterocycles. The Hall–Kier alpha value is -1.70. The van der Waals surface area contributed by atoms with E-state index in [2.05, 4.69) is 26.3 Å². The lowest BCUT2D eigenvalue weighted by molar-refractivity contribution is -0.146. The van der Waals surface area contributed by atoms with E-state index < -0.39 is 6.04 Å². The highest BCUT2D eigenvalue weighted by atomic mass is 79.9. The fourth-order valence-electron chi connectivity index (χ4n) is 2.15. The van der Waals surface area contributed by atoms with Crippen LogP contribution >= 0.6 is 15.9 Å². The summed E-state index contributed by atoms with van der Waals surface area (Å²) in [4.78, 5) is 36.7. The maximum atomic E-state index is 12.1. The van der Waals surface area contributed by atoms with E-state index in [1.807, 2.05) is 13.8 Å². The number of anilines is 1. The highest BCUT2D eigenvalue weighted by Gasteiger charge is 2.32. The lowest BCUT2D eigenvalue weighted by Gasteiger charge is -2.29. The lowest BCUT2D eigenvalue weighted by Crippen LogP contribution is -2.48. The third-order valence-electron chi connectivity index (χ3n) is 3.41. The number of rotatable bonds is 3. The summed E-state index contributed by atoms with van der Waals surface area (Å²) in [6.45, 7) is 3.72. The summed E-state index contributed by atoms with van der Waals surface area (Å²) in [7, 11) is 1.46. The minimum Gasteiger partial charge on any atom is -0.371 e. The number of aromatic nitrogens is 2. The number of carbonyl (C=O) groups is 2. The molecule has 0 saturated carbocycles. The fourth-order valence-corrected chi connectivity index (χ4v) is 2.55. The largest absolute Gasteiger partial charge is 0.371 e. The van der Waals surface area contributed by atoms with Crippen LogP contribution in [0, 0.1) is 0 Å². The summed E-state index contributed by atoms with van der Waals surface area (Å²) < 4.78 is 1.69. The van der Waals surface area contributed by atoms with Gasteiger partial charge in [-0.15, -0.1) is 0 Å². The SMILES string of the molecule is CC(C)n1ncc(NC2CCC(=O)N(C)C2=O)c(Br)c1=O. The van der Waals surface area contributed by atoms with Gasteiger partial charge in [-0.2, -0.15) is 5.10 Å². The highest BCUT2D eigenvalue weighted by Crippen LogP contribution is 2.21. The molecule has 8 heteroatoms. The third-order valence-corrected chi connectivity index (χ3v) is 4.18. The first-order valence-electron chi connectivity index (χ1n) is 6.67. The van der Waals surface area contributed by atoms with Crippen molar-refractivity contribution in [3.05, 3.63) is 21.0 Å². The van der Waals surface area contributed by atoms with Crippen LogP contribution < -0.4 is 10.9 Å². The first-order valence-corrected chi connectivity index (χ1v) is 7.46. The zero-order chi connectivity index (χ0) is 15.7. The molecule has 1 aromatic rings. The monoisotopic (exact) mass is 356 g/mol. The molecule has 0 spiro atoms. The summed E-state index contributed by atoms with van der Waals surface area (Å²) in [6.07, 6.45) is 2.21. The summed E-state index contributed by atoms with van der Waals surface area (Å²) in [5, 5.41) is 7.07. The Kier molecular flexibility index (Phi) is 4.46. The van der Waals surface area contributed by atoms with E-state index in [1.54, 1.807) is 0 Å². The molecule has 1 atom stereocenters. The first-order chi connectivity index (χ1) is 9.82. The smallest absolute Gasteiger partial charge is 0.283 e. The van der Waals surface area contributed by atoms with Crippen molar-refractivity contribution in [3.8, 4) is 0 Å². The molecular weight excluding hydrogens is 340 g/mol. The van der Waals surface area contributed by atoms with Crippen LogP contribution in [0.25, 0.3) is 0 Å². The van der Waals surface area contributed by atoms with E-state index in [-0.39, 0.29) is 23.4 Å². The molecule has 0 bridgehead atoms. The number of hydrogen-bond donors (Lipinski definition) is 1. The number of likely N-dealkylation sites (N-methyl/N-ethyl adjacent to an activating group) is 1. The van der Waals surface area contributed by atoms with Crippen molar-refractivity contribution >= 4 is 33.4 Å². The van der Waals surface area contributed by atoms with Gasteiger partial charge in [-0.3, -0.25) is 19.3 Å². The lowest BCUT2D eigenvalue weighted by atomic mass is 10.0. The highest BCUT2D eigenvalue weighted by molar-refractivity contribution is 9.10. The van der Waals surface area contributed by atoms with Crippen molar-refractivity contribution < 1.29 is 9.59 Å². The van der Waals surface area contributed by atoms with E-state index in [4.69, 9.17) is 0 Å². The number of piperidine rings is 1. The Labute approximate surface area is 130 Å². The molecule has 1 saturated heterocycles. The number of amides is 2. The van der Waals surface area contributed by atoms with Gasteiger partial charge in [0.1, 0.15) is 10.5 Å². The number of nitrogens with one attached hydrogen (secondary N) is 1. The maximum absolute atomic E-state index is 12.1. The van der Waals surface area contributed by atoms with Crippen molar-refractivity contribution in [1.29, 1.82) is 0 Å². The van der Waals surface area contributed by atoms with Gasteiger partial charge in [-0.25, -0.2) is 4.68 Å². The Bertz CT molecular complexity index is 641. The molecule has 1 aromatic heterocycles. The van der Waals surface area contributed by atoms with Crippen LogP contribution in [0.3, 0.4) is 0 Å². The topological polar surface area (TPSA) is 84.3 Å². The van der Waals surface area contributed by atoms with Crippen molar-refractivity contribution in [2.45, 2.75) is 38.8 Å². The minimum atomic E-state index is -0.528. The van der Waals surface area contributed by atoms with Gasteiger partial charge in [-0.1, -0.05) is 0 Å².